The maximum Gasteiger partial charge on any atom is 0.231 e. The Hall–Kier alpha value is -1.23. The molecule has 0 aliphatic carbocycles. The molecule has 0 saturated carbocycles. The van der Waals surface area contributed by atoms with Crippen LogP contribution in [0.15, 0.2) is 0 Å². The third-order valence-corrected chi connectivity index (χ3v) is 3.91. The van der Waals surface area contributed by atoms with E-state index in [-0.39, 0.29) is 11.8 Å². The molecule has 0 radical (unpaired) electrons. The van der Waals surface area contributed by atoms with E-state index < -0.39 is 0 Å². The van der Waals surface area contributed by atoms with Gasteiger partial charge in [-0.3, -0.25) is 14.5 Å². The third kappa shape index (κ3) is 16.2. The van der Waals surface area contributed by atoms with E-state index in [0.717, 1.165) is 37.9 Å². The van der Waals surface area contributed by atoms with E-state index in [2.05, 4.69) is 18.9 Å². The van der Waals surface area contributed by atoms with Crippen molar-refractivity contribution in [3.05, 3.63) is 0 Å². The molecule has 1 aliphatic rings. The van der Waals surface area contributed by atoms with Gasteiger partial charge in [-0.1, -0.05) is 54.9 Å². The van der Waals surface area contributed by atoms with Crippen molar-refractivity contribution in [2.24, 2.45) is 11.8 Å². The zero-order valence-corrected chi connectivity index (χ0v) is 18.6. The van der Waals surface area contributed by atoms with Crippen LogP contribution >= 0.6 is 0 Å². The maximum atomic E-state index is 11.7. The highest BCUT2D eigenvalue weighted by molar-refractivity contribution is 5.87. The summed E-state index contributed by atoms with van der Waals surface area (Å²) in [6.45, 7) is 17.1. The van der Waals surface area contributed by atoms with Crippen LogP contribution in [-0.4, -0.2) is 55.1 Å². The van der Waals surface area contributed by atoms with Gasteiger partial charge in [0, 0.05) is 32.0 Å². The first-order chi connectivity index (χ1) is 12.5. The number of rotatable bonds is 9. The normalized spacial score (nSPS) is 14.0. The predicted molar refractivity (Wildman–Crippen MR) is 111 cm³/mol. The minimum Gasteiger partial charge on any atom is -0.306 e. The molecule has 1 heterocycles. The van der Waals surface area contributed by atoms with Gasteiger partial charge in [-0.25, -0.2) is 0 Å². The average molecular weight is 373 g/mol. The molecule has 1 atom stereocenters. The summed E-state index contributed by atoms with van der Waals surface area (Å²) in [5, 5.41) is 0. The topological polar surface area (TPSA) is 57.7 Å². The molecule has 0 aromatic heterocycles. The van der Waals surface area contributed by atoms with Crippen LogP contribution in [0.1, 0.15) is 80.6 Å². The Labute approximate surface area is 162 Å². The summed E-state index contributed by atoms with van der Waals surface area (Å²) in [6, 6.07) is 0. The van der Waals surface area contributed by atoms with Gasteiger partial charge in [0.05, 0.1) is 0 Å². The lowest BCUT2D eigenvalue weighted by Crippen LogP contribution is -2.41. The first-order valence-corrected chi connectivity index (χ1v) is 10.3. The molecule has 5 heteroatoms. The lowest BCUT2D eigenvalue weighted by atomic mass is 10.1. The Morgan fingerprint density at radius 3 is 1.96 bits per heavy atom. The maximum absolute atomic E-state index is 11.7. The molecular formula is C21H44N2O3. The van der Waals surface area contributed by atoms with Crippen LogP contribution in [0, 0.1) is 11.8 Å². The molecule has 1 rings (SSSR count). The first kappa shape index (κ1) is 29.5. The van der Waals surface area contributed by atoms with Gasteiger partial charge < -0.3 is 9.69 Å². The second-order valence-electron chi connectivity index (χ2n) is 6.29. The van der Waals surface area contributed by atoms with Crippen LogP contribution in [0.4, 0.5) is 0 Å². The molecule has 0 bridgehead atoms. The Morgan fingerprint density at radius 2 is 1.65 bits per heavy atom. The van der Waals surface area contributed by atoms with Crippen LogP contribution < -0.4 is 0 Å². The van der Waals surface area contributed by atoms with Gasteiger partial charge >= 0.3 is 0 Å². The van der Waals surface area contributed by atoms with E-state index >= 15 is 0 Å². The lowest BCUT2D eigenvalue weighted by Gasteiger charge is -2.33. The number of hydrogen-bond donors (Lipinski definition) is 0. The molecule has 1 saturated heterocycles. The summed E-state index contributed by atoms with van der Waals surface area (Å²) in [4.78, 5) is 36.0. The second-order valence-corrected chi connectivity index (χ2v) is 6.29. The van der Waals surface area contributed by atoms with Crippen molar-refractivity contribution >= 4 is 18.6 Å². The van der Waals surface area contributed by atoms with Crippen molar-refractivity contribution in [1.29, 1.82) is 0 Å². The molecule has 1 fully saturated rings. The van der Waals surface area contributed by atoms with E-state index in [4.69, 9.17) is 0 Å². The number of carbonyl (C=O) groups excluding carboxylic acids is 3. The Kier molecular flexibility index (Phi) is 24.8. The fourth-order valence-electron chi connectivity index (χ4n) is 2.37. The van der Waals surface area contributed by atoms with Gasteiger partial charge in [0.2, 0.25) is 12.3 Å². The molecule has 0 aromatic carbocycles. The SMILES string of the molecule is CC.CC.CC1CN(C)C1.CCC(C)C(=O)N(C=O)CCCCCC=O. The largest absolute Gasteiger partial charge is 0.306 e. The first-order valence-electron chi connectivity index (χ1n) is 10.3. The minimum absolute atomic E-state index is 0.0971. The highest BCUT2D eigenvalue weighted by Crippen LogP contribution is 2.09. The number of unbranched alkanes of at least 4 members (excludes halogenated alkanes) is 3. The number of nitrogens with zero attached hydrogens (tertiary/aromatic N) is 2. The zero-order chi connectivity index (χ0) is 21.0. The molecule has 0 N–H and O–H groups in total. The second kappa shape index (κ2) is 21.8. The van der Waals surface area contributed by atoms with Crippen molar-refractivity contribution in [1.82, 2.24) is 9.80 Å². The van der Waals surface area contributed by atoms with Gasteiger partial charge in [0.15, 0.2) is 0 Å². The fourth-order valence-corrected chi connectivity index (χ4v) is 2.37. The molecule has 156 valence electrons. The molecule has 0 aromatic rings. The Balaban J connectivity index is -0.000000433. The highest BCUT2D eigenvalue weighted by Gasteiger charge is 2.18. The van der Waals surface area contributed by atoms with Crippen LogP contribution in [0.3, 0.4) is 0 Å². The summed E-state index contributed by atoms with van der Waals surface area (Å²) >= 11 is 0. The summed E-state index contributed by atoms with van der Waals surface area (Å²) < 4.78 is 0. The number of carbonyl (C=O) groups is 3. The number of hydrogen-bond acceptors (Lipinski definition) is 4. The molecule has 26 heavy (non-hydrogen) atoms. The van der Waals surface area contributed by atoms with Crippen molar-refractivity contribution < 1.29 is 14.4 Å². The Bertz CT molecular complexity index is 323. The van der Waals surface area contributed by atoms with Gasteiger partial charge in [-0.15, -0.1) is 0 Å². The van der Waals surface area contributed by atoms with Crippen molar-refractivity contribution in [2.45, 2.75) is 80.6 Å². The van der Waals surface area contributed by atoms with Gasteiger partial charge in [0.25, 0.3) is 0 Å². The van der Waals surface area contributed by atoms with E-state index in [1.165, 1.54) is 18.0 Å². The van der Waals surface area contributed by atoms with Crippen LogP contribution in [0.25, 0.3) is 0 Å². The van der Waals surface area contributed by atoms with Crippen molar-refractivity contribution in [3.63, 3.8) is 0 Å². The standard InChI is InChI=1S/C12H21NO3.C5H11N.2C2H6/c1-3-11(2)12(16)13(10-15)8-6-4-5-7-9-14;1-5-3-6(2)4-5;2*1-2/h9-11H,3-8H2,1-2H3;5H,3-4H2,1-2H3;2*1-2H3. The molecule has 0 spiro atoms. The molecule has 1 unspecified atom stereocenters. The zero-order valence-electron chi connectivity index (χ0n) is 18.6. The molecule has 5 nitrogen and oxygen atoms in total. The monoisotopic (exact) mass is 372 g/mol. The van der Waals surface area contributed by atoms with Gasteiger partial charge in [-0.2, -0.15) is 0 Å². The van der Waals surface area contributed by atoms with E-state index in [0.29, 0.717) is 19.4 Å². The van der Waals surface area contributed by atoms with E-state index in [1.807, 2.05) is 41.5 Å². The average Bonchev–Trinajstić information content (AvgIpc) is 2.66. The Morgan fingerprint density at radius 1 is 1.12 bits per heavy atom. The summed E-state index contributed by atoms with van der Waals surface area (Å²) in [5.41, 5.74) is 0. The van der Waals surface area contributed by atoms with Crippen LogP contribution in [-0.2, 0) is 14.4 Å². The lowest BCUT2D eigenvalue weighted by molar-refractivity contribution is -0.141. The summed E-state index contributed by atoms with van der Waals surface area (Å²) in [5.74, 6) is 0.767. The molecular weight excluding hydrogens is 328 g/mol. The van der Waals surface area contributed by atoms with Crippen molar-refractivity contribution in [3.8, 4) is 0 Å². The number of aldehydes is 1. The van der Waals surface area contributed by atoms with Gasteiger partial charge in [-0.05, 0) is 32.2 Å². The quantitative estimate of drug-likeness (QED) is 0.445. The van der Waals surface area contributed by atoms with Crippen molar-refractivity contribution in [2.75, 3.05) is 26.7 Å². The van der Waals surface area contributed by atoms with Gasteiger partial charge in [0.1, 0.15) is 6.29 Å². The smallest absolute Gasteiger partial charge is 0.231 e. The summed E-state index contributed by atoms with van der Waals surface area (Å²) in [7, 11) is 2.15. The molecule has 1 aliphatic heterocycles. The number of amides is 2. The molecule has 2 amide bonds. The van der Waals surface area contributed by atoms with Crippen LogP contribution in [0.2, 0.25) is 0 Å². The number of imide groups is 1. The predicted octanol–water partition coefficient (Wildman–Crippen LogP) is 4.40. The summed E-state index contributed by atoms with van der Waals surface area (Å²) in [6.07, 6.45) is 5.27. The van der Waals surface area contributed by atoms with E-state index in [9.17, 15) is 14.4 Å². The fraction of sp³-hybridized carbons (Fsp3) is 0.857. The van der Waals surface area contributed by atoms with E-state index in [1.54, 1.807) is 0 Å². The van der Waals surface area contributed by atoms with Crippen LogP contribution in [0.5, 0.6) is 0 Å². The number of likely N-dealkylation sites (tertiary alicyclic amines) is 1. The third-order valence-electron chi connectivity index (χ3n) is 3.91. The minimum atomic E-state index is -0.104. The highest BCUT2D eigenvalue weighted by atomic mass is 16.2.